The van der Waals surface area contributed by atoms with Crippen LogP contribution in [0.4, 0.5) is 0 Å². The highest BCUT2D eigenvalue weighted by Gasteiger charge is 2.12. The molecule has 0 saturated heterocycles. The van der Waals surface area contributed by atoms with Crippen LogP contribution in [0.3, 0.4) is 0 Å². The average Bonchev–Trinajstić information content (AvgIpc) is 2.50. The predicted octanol–water partition coefficient (Wildman–Crippen LogP) is 2.57. The zero-order valence-corrected chi connectivity index (χ0v) is 7.90. The number of hydrogen-bond donors (Lipinski definition) is 0. The first-order valence-corrected chi connectivity index (χ1v) is 4.36. The van der Waals surface area contributed by atoms with E-state index in [-0.39, 0.29) is 5.97 Å². The van der Waals surface area contributed by atoms with Gasteiger partial charge in [0.05, 0.1) is 7.11 Å². The van der Waals surface area contributed by atoms with Crippen LogP contribution >= 0.6 is 11.3 Å². The van der Waals surface area contributed by atoms with Gasteiger partial charge in [-0.3, -0.25) is 0 Å². The second-order valence-corrected chi connectivity index (χ2v) is 3.35. The quantitative estimate of drug-likeness (QED) is 0.657. The van der Waals surface area contributed by atoms with E-state index in [2.05, 4.69) is 11.3 Å². The fourth-order valence-electron chi connectivity index (χ4n) is 0.896. The third-order valence-corrected chi connectivity index (χ3v) is 2.39. The number of carbonyl (C=O) groups excluding carboxylic acids is 1. The summed E-state index contributed by atoms with van der Waals surface area (Å²) < 4.78 is 4.62. The van der Waals surface area contributed by atoms with Crippen molar-refractivity contribution < 1.29 is 9.53 Å². The SMILES string of the molecule is C=C(C)c1ccsc1C(=O)OC. The predicted molar refractivity (Wildman–Crippen MR) is 50.4 cm³/mol. The highest BCUT2D eigenvalue weighted by molar-refractivity contribution is 7.12. The Morgan fingerprint density at radius 1 is 1.67 bits per heavy atom. The summed E-state index contributed by atoms with van der Waals surface area (Å²) in [7, 11) is 1.38. The molecule has 0 saturated carbocycles. The summed E-state index contributed by atoms with van der Waals surface area (Å²) in [6.45, 7) is 5.64. The Balaban J connectivity index is 3.07. The van der Waals surface area contributed by atoms with Gasteiger partial charge >= 0.3 is 5.97 Å². The van der Waals surface area contributed by atoms with Crippen LogP contribution < -0.4 is 0 Å². The highest BCUT2D eigenvalue weighted by Crippen LogP contribution is 2.23. The molecule has 1 aromatic heterocycles. The van der Waals surface area contributed by atoms with Gasteiger partial charge in [-0.15, -0.1) is 11.3 Å². The van der Waals surface area contributed by atoms with Crippen molar-refractivity contribution in [3.63, 3.8) is 0 Å². The summed E-state index contributed by atoms with van der Waals surface area (Å²) in [5, 5.41) is 1.86. The van der Waals surface area contributed by atoms with Crippen molar-refractivity contribution in [3.8, 4) is 0 Å². The molecule has 0 radical (unpaired) electrons. The summed E-state index contributed by atoms with van der Waals surface area (Å²) in [6, 6.07) is 1.87. The van der Waals surface area contributed by atoms with E-state index in [4.69, 9.17) is 0 Å². The number of esters is 1. The van der Waals surface area contributed by atoms with Crippen molar-refractivity contribution in [1.82, 2.24) is 0 Å². The van der Waals surface area contributed by atoms with Gasteiger partial charge in [-0.2, -0.15) is 0 Å². The molecule has 0 fully saturated rings. The van der Waals surface area contributed by atoms with Crippen LogP contribution in [0.1, 0.15) is 22.2 Å². The van der Waals surface area contributed by atoms with Gasteiger partial charge in [0.15, 0.2) is 0 Å². The summed E-state index contributed by atoms with van der Waals surface area (Å²) in [6.07, 6.45) is 0. The molecular weight excluding hydrogens is 172 g/mol. The molecule has 0 aromatic carbocycles. The van der Waals surface area contributed by atoms with Crippen LogP contribution in [0.5, 0.6) is 0 Å². The van der Waals surface area contributed by atoms with E-state index in [0.29, 0.717) is 4.88 Å². The highest BCUT2D eigenvalue weighted by atomic mass is 32.1. The third-order valence-electron chi connectivity index (χ3n) is 1.50. The lowest BCUT2D eigenvalue weighted by molar-refractivity contribution is 0.0606. The molecule has 12 heavy (non-hydrogen) atoms. The minimum Gasteiger partial charge on any atom is -0.465 e. The minimum absolute atomic E-state index is 0.289. The number of allylic oxidation sites excluding steroid dienone is 1. The molecule has 2 nitrogen and oxygen atoms in total. The maximum absolute atomic E-state index is 11.1. The number of ether oxygens (including phenoxy) is 1. The molecule has 3 heteroatoms. The molecular formula is C9H10O2S. The van der Waals surface area contributed by atoms with Crippen LogP contribution in [0.15, 0.2) is 18.0 Å². The van der Waals surface area contributed by atoms with Gasteiger partial charge in [0.25, 0.3) is 0 Å². The Morgan fingerprint density at radius 2 is 2.33 bits per heavy atom. The molecule has 0 bridgehead atoms. The summed E-state index contributed by atoms with van der Waals surface area (Å²) in [5.74, 6) is -0.289. The van der Waals surface area contributed by atoms with Gasteiger partial charge in [0.2, 0.25) is 0 Å². The Kier molecular flexibility index (Phi) is 2.65. The minimum atomic E-state index is -0.289. The molecule has 0 aliphatic rings. The molecule has 1 heterocycles. The zero-order chi connectivity index (χ0) is 9.14. The van der Waals surface area contributed by atoms with Crippen LogP contribution in [-0.2, 0) is 4.74 Å². The van der Waals surface area contributed by atoms with Crippen LogP contribution in [0, 0.1) is 0 Å². The van der Waals surface area contributed by atoms with E-state index in [1.807, 2.05) is 18.4 Å². The normalized spacial score (nSPS) is 9.50. The maximum Gasteiger partial charge on any atom is 0.348 e. The lowest BCUT2D eigenvalue weighted by atomic mass is 10.1. The molecule has 0 aliphatic carbocycles. The van der Waals surface area contributed by atoms with E-state index in [1.54, 1.807) is 0 Å². The van der Waals surface area contributed by atoms with Gasteiger partial charge in [0, 0.05) is 5.56 Å². The summed E-state index contributed by atoms with van der Waals surface area (Å²) in [4.78, 5) is 11.8. The van der Waals surface area contributed by atoms with E-state index in [9.17, 15) is 4.79 Å². The van der Waals surface area contributed by atoms with E-state index < -0.39 is 0 Å². The van der Waals surface area contributed by atoms with E-state index >= 15 is 0 Å². The first-order valence-electron chi connectivity index (χ1n) is 3.48. The molecule has 0 atom stereocenters. The standard InChI is InChI=1S/C9H10O2S/c1-6(2)7-4-5-12-8(7)9(10)11-3/h4-5H,1H2,2-3H3. The molecule has 0 aliphatic heterocycles. The topological polar surface area (TPSA) is 26.3 Å². The van der Waals surface area contributed by atoms with Crippen molar-refractivity contribution in [2.24, 2.45) is 0 Å². The van der Waals surface area contributed by atoms with Gasteiger partial charge in [0.1, 0.15) is 4.88 Å². The molecule has 0 spiro atoms. The van der Waals surface area contributed by atoms with Crippen molar-refractivity contribution >= 4 is 22.9 Å². The van der Waals surface area contributed by atoms with Gasteiger partial charge < -0.3 is 4.74 Å². The van der Waals surface area contributed by atoms with Gasteiger partial charge in [-0.05, 0) is 23.9 Å². The molecule has 0 N–H and O–H groups in total. The second-order valence-electron chi connectivity index (χ2n) is 2.44. The lowest BCUT2D eigenvalue weighted by Crippen LogP contribution is -2.00. The van der Waals surface area contributed by atoms with Crippen molar-refractivity contribution in [2.75, 3.05) is 7.11 Å². The lowest BCUT2D eigenvalue weighted by Gasteiger charge is -1.99. The number of rotatable bonds is 2. The number of hydrogen-bond acceptors (Lipinski definition) is 3. The Bertz CT molecular complexity index is 312. The van der Waals surface area contributed by atoms with Crippen LogP contribution in [0.25, 0.3) is 5.57 Å². The van der Waals surface area contributed by atoms with E-state index in [0.717, 1.165) is 11.1 Å². The Morgan fingerprint density at radius 3 is 2.83 bits per heavy atom. The first-order chi connectivity index (χ1) is 5.66. The molecule has 64 valence electrons. The summed E-state index contributed by atoms with van der Waals surface area (Å²) in [5.41, 5.74) is 1.77. The monoisotopic (exact) mass is 182 g/mol. The Hall–Kier alpha value is -1.09. The third kappa shape index (κ3) is 1.56. The fraction of sp³-hybridized carbons (Fsp3) is 0.222. The maximum atomic E-state index is 11.1. The second kappa shape index (κ2) is 3.54. The van der Waals surface area contributed by atoms with Crippen molar-refractivity contribution in [1.29, 1.82) is 0 Å². The zero-order valence-electron chi connectivity index (χ0n) is 7.09. The van der Waals surface area contributed by atoms with Crippen molar-refractivity contribution in [2.45, 2.75) is 6.92 Å². The van der Waals surface area contributed by atoms with Gasteiger partial charge in [-0.1, -0.05) is 6.58 Å². The molecule has 1 rings (SSSR count). The van der Waals surface area contributed by atoms with Gasteiger partial charge in [-0.25, -0.2) is 4.79 Å². The first kappa shape index (κ1) is 9.00. The van der Waals surface area contributed by atoms with Crippen LogP contribution in [-0.4, -0.2) is 13.1 Å². The average molecular weight is 182 g/mol. The number of carbonyl (C=O) groups is 1. The molecule has 0 unspecified atom stereocenters. The smallest absolute Gasteiger partial charge is 0.348 e. The largest absolute Gasteiger partial charge is 0.465 e. The molecule has 0 amide bonds. The van der Waals surface area contributed by atoms with Crippen molar-refractivity contribution in [3.05, 3.63) is 28.5 Å². The number of methoxy groups -OCH3 is 1. The fourth-order valence-corrected chi connectivity index (χ4v) is 1.79. The Labute approximate surface area is 75.5 Å². The van der Waals surface area contributed by atoms with E-state index in [1.165, 1.54) is 18.4 Å². The molecule has 1 aromatic rings. The summed E-state index contributed by atoms with van der Waals surface area (Å²) >= 11 is 1.38. The number of thiophene rings is 1. The van der Waals surface area contributed by atoms with Crippen LogP contribution in [0.2, 0.25) is 0 Å².